The number of aliphatic imine (C=N–C) groups is 1. The number of fused-ring (bicyclic) bond motifs is 1. The second-order valence-corrected chi connectivity index (χ2v) is 6.82. The standard InChI is InChI=1S/C21H20F3N5O2/c1-2-31-19-12-15(10-11-25-19)21(26-16-8-6-14(7-9-16)20(22,23)24)27-18-5-3-4-17(13-30)29(18)28-21/h3-12,26,28,30H,2,13H2,1H3. The zero-order chi connectivity index (χ0) is 22.1. The van der Waals surface area contributed by atoms with Gasteiger partial charge < -0.3 is 15.2 Å². The molecule has 0 radical (unpaired) electrons. The van der Waals surface area contributed by atoms with Crippen molar-refractivity contribution in [1.82, 2.24) is 15.4 Å². The number of hydrazine groups is 1. The first-order valence-corrected chi connectivity index (χ1v) is 9.55. The lowest BCUT2D eigenvalue weighted by molar-refractivity contribution is -0.137. The Morgan fingerprint density at radius 1 is 1.23 bits per heavy atom. The Morgan fingerprint density at radius 3 is 2.68 bits per heavy atom. The van der Waals surface area contributed by atoms with Crippen molar-refractivity contribution >= 4 is 11.5 Å². The fourth-order valence-corrected chi connectivity index (χ4v) is 3.31. The van der Waals surface area contributed by atoms with E-state index in [0.29, 0.717) is 35.3 Å². The molecule has 4 rings (SSSR count). The number of pyridine rings is 1. The predicted octanol–water partition coefficient (Wildman–Crippen LogP) is 3.39. The van der Waals surface area contributed by atoms with Crippen molar-refractivity contribution in [3.63, 3.8) is 0 Å². The van der Waals surface area contributed by atoms with Gasteiger partial charge in [-0.2, -0.15) is 18.6 Å². The maximum atomic E-state index is 12.9. The van der Waals surface area contributed by atoms with E-state index in [0.717, 1.165) is 12.1 Å². The van der Waals surface area contributed by atoms with Gasteiger partial charge in [0.25, 0.3) is 0 Å². The molecule has 0 fully saturated rings. The summed E-state index contributed by atoms with van der Waals surface area (Å²) in [5.41, 5.74) is 4.08. The maximum absolute atomic E-state index is 12.9. The molecule has 0 saturated heterocycles. The summed E-state index contributed by atoms with van der Waals surface area (Å²) in [6.07, 6.45) is 2.39. The number of benzene rings is 1. The molecule has 1 atom stereocenters. The lowest BCUT2D eigenvalue weighted by Gasteiger charge is -2.32. The van der Waals surface area contributed by atoms with Gasteiger partial charge >= 0.3 is 6.18 Å². The predicted molar refractivity (Wildman–Crippen MR) is 109 cm³/mol. The molecular weight excluding hydrogens is 411 g/mol. The minimum absolute atomic E-state index is 0.229. The van der Waals surface area contributed by atoms with Crippen molar-refractivity contribution < 1.29 is 23.0 Å². The maximum Gasteiger partial charge on any atom is 0.416 e. The molecule has 0 spiro atoms. The van der Waals surface area contributed by atoms with Crippen LogP contribution in [0.2, 0.25) is 0 Å². The van der Waals surface area contributed by atoms with Crippen LogP contribution in [0.4, 0.5) is 18.9 Å². The fourth-order valence-electron chi connectivity index (χ4n) is 3.31. The summed E-state index contributed by atoms with van der Waals surface area (Å²) in [5, 5.41) is 14.5. The Bertz CT molecular complexity index is 1050. The number of aromatic nitrogens is 1. The molecule has 0 amide bonds. The Hall–Kier alpha value is -3.37. The van der Waals surface area contributed by atoms with E-state index in [1.165, 1.54) is 12.1 Å². The molecule has 0 aliphatic carbocycles. The molecule has 1 aromatic heterocycles. The normalized spacial score (nSPS) is 20.2. The third kappa shape index (κ3) is 4.12. The number of nitrogens with one attached hydrogen (secondary N) is 2. The van der Waals surface area contributed by atoms with Gasteiger partial charge in [0.15, 0.2) is 0 Å². The summed E-state index contributed by atoms with van der Waals surface area (Å²) < 4.78 is 44.3. The number of nitrogens with zero attached hydrogens (tertiary/aromatic N) is 3. The highest BCUT2D eigenvalue weighted by molar-refractivity contribution is 5.97. The number of amidine groups is 1. The van der Waals surface area contributed by atoms with E-state index in [4.69, 9.17) is 9.73 Å². The van der Waals surface area contributed by atoms with Crippen LogP contribution in [0.25, 0.3) is 0 Å². The molecule has 3 heterocycles. The summed E-state index contributed by atoms with van der Waals surface area (Å²) in [6, 6.07) is 8.11. The second-order valence-electron chi connectivity index (χ2n) is 6.82. The number of aliphatic hydroxyl groups excluding tert-OH is 1. The number of alkyl halides is 3. The van der Waals surface area contributed by atoms with Crippen LogP contribution in [-0.4, -0.2) is 34.1 Å². The smallest absolute Gasteiger partial charge is 0.416 e. The summed E-state index contributed by atoms with van der Waals surface area (Å²) in [6.45, 7) is 2.03. The third-order valence-corrected chi connectivity index (χ3v) is 4.75. The van der Waals surface area contributed by atoms with E-state index in [-0.39, 0.29) is 6.61 Å². The minimum Gasteiger partial charge on any atom is -0.478 e. The lowest BCUT2D eigenvalue weighted by Crippen LogP contribution is -2.51. The van der Waals surface area contributed by atoms with Crippen LogP contribution in [0.5, 0.6) is 5.88 Å². The van der Waals surface area contributed by atoms with Gasteiger partial charge in [-0.15, -0.1) is 0 Å². The first-order chi connectivity index (χ1) is 14.8. The summed E-state index contributed by atoms with van der Waals surface area (Å²) in [4.78, 5) is 8.92. The van der Waals surface area contributed by atoms with Gasteiger partial charge in [0.2, 0.25) is 11.7 Å². The number of allylic oxidation sites excluding steroid dienone is 2. The highest BCUT2D eigenvalue weighted by Crippen LogP contribution is 2.35. The molecule has 2 aromatic rings. The largest absolute Gasteiger partial charge is 0.478 e. The SMILES string of the molecule is CCOc1cc(C2(Nc3ccc(C(F)(F)F)cc3)N=C3C=CC=C(CO)N3N2)ccn1. The van der Waals surface area contributed by atoms with E-state index in [1.54, 1.807) is 41.6 Å². The van der Waals surface area contributed by atoms with Crippen molar-refractivity contribution in [2.75, 3.05) is 18.5 Å². The highest BCUT2D eigenvalue weighted by Gasteiger charge is 2.42. The number of ether oxygens (including phenoxy) is 1. The zero-order valence-electron chi connectivity index (χ0n) is 16.5. The Labute approximate surface area is 176 Å². The molecule has 162 valence electrons. The molecular formula is C21H20F3N5O2. The molecule has 0 saturated carbocycles. The van der Waals surface area contributed by atoms with Gasteiger partial charge in [-0.05, 0) is 49.4 Å². The molecule has 2 aliphatic heterocycles. The Kier molecular flexibility index (Phi) is 5.42. The average Bonchev–Trinajstić information content (AvgIpc) is 3.13. The number of hydrogen-bond donors (Lipinski definition) is 3. The van der Waals surface area contributed by atoms with Crippen LogP contribution in [0.15, 0.2) is 71.5 Å². The van der Waals surface area contributed by atoms with Crippen molar-refractivity contribution in [3.8, 4) is 5.88 Å². The van der Waals surface area contributed by atoms with E-state index >= 15 is 0 Å². The summed E-state index contributed by atoms with van der Waals surface area (Å²) in [5.74, 6) is -0.359. The first kappa shape index (κ1) is 20.9. The quantitative estimate of drug-likeness (QED) is 0.651. The number of rotatable bonds is 6. The van der Waals surface area contributed by atoms with Crippen LogP contribution in [0.3, 0.4) is 0 Å². The third-order valence-electron chi connectivity index (χ3n) is 4.75. The van der Waals surface area contributed by atoms with E-state index in [1.807, 2.05) is 6.92 Å². The molecule has 3 N–H and O–H groups in total. The van der Waals surface area contributed by atoms with Crippen LogP contribution < -0.4 is 15.5 Å². The number of hydrogen-bond acceptors (Lipinski definition) is 7. The summed E-state index contributed by atoms with van der Waals surface area (Å²) >= 11 is 0. The van der Waals surface area contributed by atoms with Gasteiger partial charge in [0.05, 0.1) is 24.5 Å². The molecule has 7 nitrogen and oxygen atoms in total. The molecule has 2 aliphatic rings. The van der Waals surface area contributed by atoms with Gasteiger partial charge in [-0.25, -0.2) is 9.98 Å². The van der Waals surface area contributed by atoms with Crippen LogP contribution in [0, 0.1) is 0 Å². The lowest BCUT2D eigenvalue weighted by atomic mass is 10.1. The van der Waals surface area contributed by atoms with Gasteiger partial charge in [-0.3, -0.25) is 5.01 Å². The Morgan fingerprint density at radius 2 is 2.00 bits per heavy atom. The van der Waals surface area contributed by atoms with Crippen LogP contribution in [0.1, 0.15) is 18.1 Å². The number of halogens is 3. The van der Waals surface area contributed by atoms with E-state index < -0.39 is 17.5 Å². The minimum atomic E-state index is -4.42. The van der Waals surface area contributed by atoms with E-state index in [9.17, 15) is 18.3 Å². The summed E-state index contributed by atoms with van der Waals surface area (Å²) in [7, 11) is 0. The van der Waals surface area contributed by atoms with Crippen molar-refractivity contribution in [2.45, 2.75) is 18.9 Å². The number of anilines is 1. The van der Waals surface area contributed by atoms with Crippen molar-refractivity contribution in [1.29, 1.82) is 0 Å². The molecule has 31 heavy (non-hydrogen) atoms. The monoisotopic (exact) mass is 431 g/mol. The van der Waals surface area contributed by atoms with Crippen LogP contribution in [-0.2, 0) is 12.0 Å². The topological polar surface area (TPSA) is 82.0 Å². The first-order valence-electron chi connectivity index (χ1n) is 9.55. The van der Waals surface area contributed by atoms with Crippen molar-refractivity contribution in [2.24, 2.45) is 4.99 Å². The number of aliphatic hydroxyl groups is 1. The van der Waals surface area contributed by atoms with Gasteiger partial charge in [0, 0.05) is 23.5 Å². The molecule has 0 bridgehead atoms. The molecule has 1 unspecified atom stereocenters. The van der Waals surface area contributed by atoms with Crippen LogP contribution >= 0.6 is 0 Å². The van der Waals surface area contributed by atoms with E-state index in [2.05, 4.69) is 15.7 Å². The Balaban J connectivity index is 1.74. The second kappa shape index (κ2) is 8.05. The zero-order valence-corrected chi connectivity index (χ0v) is 16.5. The molecule has 10 heteroatoms. The average molecular weight is 431 g/mol. The van der Waals surface area contributed by atoms with Gasteiger partial charge in [-0.1, -0.05) is 6.08 Å². The highest BCUT2D eigenvalue weighted by atomic mass is 19.4. The fraction of sp³-hybridized carbons (Fsp3) is 0.238. The van der Waals surface area contributed by atoms with Crippen molar-refractivity contribution in [3.05, 3.63) is 77.6 Å². The van der Waals surface area contributed by atoms with Gasteiger partial charge in [0.1, 0.15) is 5.84 Å². The molecule has 1 aromatic carbocycles.